The molecule has 0 saturated carbocycles. The summed E-state index contributed by atoms with van der Waals surface area (Å²) in [5.41, 5.74) is 4.52. The van der Waals surface area contributed by atoms with Gasteiger partial charge in [-0.2, -0.15) is 0 Å². The average Bonchev–Trinajstić information content (AvgIpc) is 3.94. The van der Waals surface area contributed by atoms with Gasteiger partial charge in [0.25, 0.3) is 11.8 Å². The number of carboxylic acid groups (broad SMARTS) is 1. The number of carboxylic acids is 1. The Labute approximate surface area is 449 Å². The van der Waals surface area contributed by atoms with E-state index in [4.69, 9.17) is 9.47 Å². The van der Waals surface area contributed by atoms with E-state index in [-0.39, 0.29) is 37.8 Å². The van der Waals surface area contributed by atoms with E-state index in [0.717, 1.165) is 30.5 Å². The molecule has 8 rings (SSSR count). The fourth-order valence-electron chi connectivity index (χ4n) is 8.88. The van der Waals surface area contributed by atoms with Crippen molar-refractivity contribution in [1.29, 1.82) is 0 Å². The monoisotopic (exact) mass is 1060 g/mol. The molecule has 0 spiro atoms. The molecule has 6 aromatic rings. The third-order valence-corrected chi connectivity index (χ3v) is 13.7. The highest BCUT2D eigenvalue weighted by Crippen LogP contribution is 2.23. The maximum atomic E-state index is 15.0. The molecule has 6 N–H and O–H groups in total. The van der Waals surface area contributed by atoms with Gasteiger partial charge in [-0.05, 0) is 76.2 Å². The van der Waals surface area contributed by atoms with Gasteiger partial charge in [0.15, 0.2) is 5.78 Å². The summed E-state index contributed by atoms with van der Waals surface area (Å²) >= 11 is 1.27. The number of aliphatic carboxylic acids is 1. The van der Waals surface area contributed by atoms with Crippen LogP contribution in [0.15, 0.2) is 157 Å². The molecule has 77 heavy (non-hydrogen) atoms. The molecule has 5 amide bonds. The molecule has 2 aliphatic rings. The van der Waals surface area contributed by atoms with Crippen molar-refractivity contribution in [3.63, 3.8) is 0 Å². The van der Waals surface area contributed by atoms with Crippen molar-refractivity contribution >= 4 is 70.3 Å². The maximum Gasteiger partial charge on any atom is 0.326 e. The second-order valence-electron chi connectivity index (χ2n) is 18.7. The number of esters is 2. The van der Waals surface area contributed by atoms with Gasteiger partial charge in [0.05, 0.1) is 6.04 Å². The van der Waals surface area contributed by atoms with Crippen LogP contribution in [0.2, 0.25) is 0 Å². The molecule has 18 heteroatoms. The second-order valence-corrected chi connectivity index (χ2v) is 19.7. The van der Waals surface area contributed by atoms with Crippen molar-refractivity contribution < 1.29 is 57.7 Å². The quantitative estimate of drug-likeness (QED) is 0.0533. The van der Waals surface area contributed by atoms with Gasteiger partial charge in [0.2, 0.25) is 29.9 Å². The number of amides is 5. The molecule has 0 unspecified atom stereocenters. The molecule has 0 fully saturated rings. The fourth-order valence-corrected chi connectivity index (χ4v) is 9.64. The van der Waals surface area contributed by atoms with E-state index in [1.165, 1.54) is 23.5 Å². The minimum atomic E-state index is -2.13. The molecule has 2 aliphatic heterocycles. The second kappa shape index (κ2) is 27.1. The number of ether oxygens (including phenoxy) is 2. The number of aryl methyl sites for hydroxylation is 1. The summed E-state index contributed by atoms with van der Waals surface area (Å²) in [6.07, 6.45) is -4.73. The van der Waals surface area contributed by atoms with E-state index in [9.17, 15) is 43.5 Å². The smallest absolute Gasteiger partial charge is 0.326 e. The Bertz CT molecular complexity index is 3010. The molecule has 1 aromatic heterocycles. The molecule has 17 nitrogen and oxygen atoms in total. The number of thiophene rings is 1. The van der Waals surface area contributed by atoms with Crippen LogP contribution in [0.3, 0.4) is 0 Å². The van der Waals surface area contributed by atoms with Gasteiger partial charge in [-0.1, -0.05) is 133 Å². The topological polar surface area (TPSA) is 252 Å². The van der Waals surface area contributed by atoms with Gasteiger partial charge >= 0.3 is 17.9 Å². The number of ketones is 1. The number of carbonyl (C=O) groups excluding carboxylic acids is 8. The lowest BCUT2D eigenvalue weighted by Crippen LogP contribution is -2.59. The SMILES string of the molecule is CC(=O)O[C@H]1C(=O)Nc2ccc(cc2)C[C@H](C(=O)N[C@@H](Cc2ccccc2)C(=O)O)CC(=O)[C@H](CCc2ccccc2)NC(=O)[C@@H](Cc2ccc(-c3ccccc3)cc2)NC(=O)[C@H](Cc2cccs2)NC(=O)[C@@H]1OC(C)=O. The minimum absolute atomic E-state index is 0.0588. The number of nitrogens with one attached hydrogen (secondary N) is 5. The Morgan fingerprint density at radius 1 is 0.584 bits per heavy atom. The lowest BCUT2D eigenvalue weighted by Gasteiger charge is -2.28. The molecular formula is C59H59N5O12S. The van der Waals surface area contributed by atoms with Crippen molar-refractivity contribution in [3.8, 4) is 11.1 Å². The van der Waals surface area contributed by atoms with Crippen LogP contribution in [-0.4, -0.2) is 94.7 Å². The first kappa shape index (κ1) is 56.0. The van der Waals surface area contributed by atoms with Crippen molar-refractivity contribution in [2.45, 2.75) is 95.2 Å². The first-order chi connectivity index (χ1) is 37.1. The third-order valence-electron chi connectivity index (χ3n) is 12.8. The van der Waals surface area contributed by atoms with Crippen LogP contribution in [0, 0.1) is 5.92 Å². The number of fused-ring (bicyclic) bond motifs is 18. The van der Waals surface area contributed by atoms with Crippen molar-refractivity contribution in [1.82, 2.24) is 21.3 Å². The summed E-state index contributed by atoms with van der Waals surface area (Å²) in [7, 11) is 0. The number of Topliss-reactive ketones (excluding diaryl/α,β-unsaturated/α-hetero) is 1. The van der Waals surface area contributed by atoms with E-state index >= 15 is 4.79 Å². The molecule has 3 heterocycles. The summed E-state index contributed by atoms with van der Waals surface area (Å²) in [5, 5.41) is 25.6. The molecule has 5 aromatic carbocycles. The zero-order valence-electron chi connectivity index (χ0n) is 42.3. The van der Waals surface area contributed by atoms with Crippen LogP contribution in [0.25, 0.3) is 11.1 Å². The molecule has 398 valence electrons. The van der Waals surface area contributed by atoms with Gasteiger partial charge < -0.3 is 41.2 Å². The predicted octanol–water partition coefficient (Wildman–Crippen LogP) is 5.73. The van der Waals surface area contributed by atoms with Crippen LogP contribution >= 0.6 is 11.3 Å². The van der Waals surface area contributed by atoms with Crippen LogP contribution in [0.1, 0.15) is 53.8 Å². The van der Waals surface area contributed by atoms with Gasteiger partial charge in [-0.15, -0.1) is 11.3 Å². The van der Waals surface area contributed by atoms with Crippen LogP contribution in [0.4, 0.5) is 5.69 Å². The van der Waals surface area contributed by atoms with Crippen molar-refractivity contribution in [3.05, 3.63) is 184 Å². The Hall–Kier alpha value is -8.77. The number of rotatable bonds is 15. The number of anilines is 1. The number of carbonyl (C=O) groups is 9. The van der Waals surface area contributed by atoms with Crippen molar-refractivity contribution in [2.24, 2.45) is 5.92 Å². The Morgan fingerprint density at radius 2 is 1.13 bits per heavy atom. The number of hydrogen-bond donors (Lipinski definition) is 6. The minimum Gasteiger partial charge on any atom is -0.480 e. The molecular weight excluding hydrogens is 1000 g/mol. The highest BCUT2D eigenvalue weighted by molar-refractivity contribution is 7.09. The highest BCUT2D eigenvalue weighted by Gasteiger charge is 2.42. The summed E-state index contributed by atoms with van der Waals surface area (Å²) in [6.45, 7) is 1.97. The zero-order valence-corrected chi connectivity index (χ0v) is 43.2. The van der Waals surface area contributed by atoms with Gasteiger partial charge in [-0.3, -0.25) is 38.4 Å². The fraction of sp³-hybridized carbons (Fsp3) is 0.271. The standard InChI is InChI=1S/C59H59N5O12S/c1-36(65)75-52-53(76-37(2)66)58(72)63-49(35-46-19-12-30-77-46)56(70)62-48(32-41-20-25-43(26-21-41)42-17-10-5-11-18-42)55(69)61-47(29-24-38-13-6-3-7-14-38)51(67)34-44(31-40-22-27-45(28-23-40)60-57(52)71)54(68)64-50(59(73)74)33-39-15-8-4-9-16-39/h3-23,25-28,30,44,47-50,52-53H,24,29,31-35H2,1-2H3,(H,60,71)(H,61,69)(H,62,70)(H,63,72)(H,64,68)(H,73,74)/t44-,47-,48+,49-,50-,52+,53+/m0/s1. The average molecular weight is 1060 g/mol. The van der Waals surface area contributed by atoms with Crippen LogP contribution in [-0.2, 0) is 84.7 Å². The number of hydrogen-bond acceptors (Lipinski definition) is 12. The van der Waals surface area contributed by atoms with E-state index < -0.39 is 102 Å². The Balaban J connectivity index is 1.31. The van der Waals surface area contributed by atoms with E-state index in [0.29, 0.717) is 28.0 Å². The summed E-state index contributed by atoms with van der Waals surface area (Å²) in [4.78, 5) is 126. The van der Waals surface area contributed by atoms with Gasteiger partial charge in [0, 0.05) is 56.0 Å². The molecule has 2 bridgehead atoms. The summed E-state index contributed by atoms with van der Waals surface area (Å²) < 4.78 is 10.7. The predicted molar refractivity (Wildman–Crippen MR) is 287 cm³/mol. The molecule has 0 aliphatic carbocycles. The summed E-state index contributed by atoms with van der Waals surface area (Å²) in [5.74, 6) is -9.74. The highest BCUT2D eigenvalue weighted by atomic mass is 32.1. The van der Waals surface area contributed by atoms with Crippen LogP contribution < -0.4 is 26.6 Å². The van der Waals surface area contributed by atoms with Crippen LogP contribution in [0.5, 0.6) is 0 Å². The maximum absolute atomic E-state index is 15.0. The first-order valence-corrected chi connectivity index (χ1v) is 25.9. The van der Waals surface area contributed by atoms with Gasteiger partial charge in [-0.25, -0.2) is 4.79 Å². The lowest BCUT2D eigenvalue weighted by molar-refractivity contribution is -0.173. The van der Waals surface area contributed by atoms with Gasteiger partial charge in [0.1, 0.15) is 18.1 Å². The normalized spacial score (nSPS) is 19.9. The number of benzene rings is 5. The first-order valence-electron chi connectivity index (χ1n) is 25.0. The van der Waals surface area contributed by atoms with Crippen molar-refractivity contribution in [2.75, 3.05) is 5.32 Å². The molecule has 0 saturated heterocycles. The van der Waals surface area contributed by atoms with E-state index in [1.807, 2.05) is 72.8 Å². The molecule has 7 atom stereocenters. The lowest BCUT2D eigenvalue weighted by atomic mass is 9.89. The Kier molecular flexibility index (Phi) is 19.7. The van der Waals surface area contributed by atoms with E-state index in [2.05, 4.69) is 26.6 Å². The summed E-state index contributed by atoms with van der Waals surface area (Å²) in [6, 6.07) is 38.8. The zero-order chi connectivity index (χ0) is 54.8. The molecule has 0 radical (unpaired) electrons. The third kappa shape index (κ3) is 16.6. The largest absolute Gasteiger partial charge is 0.480 e. The Morgan fingerprint density at radius 3 is 1.71 bits per heavy atom. The van der Waals surface area contributed by atoms with E-state index in [1.54, 1.807) is 72.1 Å².